The van der Waals surface area contributed by atoms with Crippen molar-refractivity contribution in [3.8, 4) is 0 Å². The van der Waals surface area contributed by atoms with Gasteiger partial charge in [0.15, 0.2) is 0 Å². The van der Waals surface area contributed by atoms with Gasteiger partial charge in [-0.25, -0.2) is 9.78 Å². The van der Waals surface area contributed by atoms with E-state index in [1.54, 1.807) is 0 Å². The molecule has 0 bridgehead atoms. The Balaban J connectivity index is 1.60. The first-order valence-corrected chi connectivity index (χ1v) is 10.5. The van der Waals surface area contributed by atoms with E-state index in [1.807, 2.05) is 19.1 Å². The molecule has 0 aliphatic carbocycles. The van der Waals surface area contributed by atoms with Crippen LogP contribution >= 0.6 is 15.9 Å². The number of carbonyl (C=O) groups excluding carboxylic acids is 1. The standard InChI is InChI=1S/C21H23BrN4O3/c1-12(17(11-27)24-21(28)29)10-26-8-2-3-18(26)20-23-16-7-4-13-9-14(22)5-6-15(13)19(16)25-20/h4-7,9,11-12,17-18,24H,2-3,8,10H2,1H3,(H,23,25)(H,28,29)/t12-,17?,18+/m1/s1. The Hall–Kier alpha value is -2.45. The van der Waals surface area contributed by atoms with Crippen molar-refractivity contribution < 1.29 is 14.7 Å². The highest BCUT2D eigenvalue weighted by atomic mass is 79.9. The minimum absolute atomic E-state index is 0.132. The summed E-state index contributed by atoms with van der Waals surface area (Å²) in [5.74, 6) is 0.792. The van der Waals surface area contributed by atoms with Crippen LogP contribution in [0.25, 0.3) is 21.8 Å². The van der Waals surface area contributed by atoms with Crippen molar-refractivity contribution in [2.45, 2.75) is 31.8 Å². The second-order valence-electron chi connectivity index (χ2n) is 7.69. The molecule has 3 aromatic rings. The van der Waals surface area contributed by atoms with Crippen LogP contribution in [0.1, 0.15) is 31.6 Å². The number of carbonyl (C=O) groups is 2. The Labute approximate surface area is 176 Å². The third kappa shape index (κ3) is 4.00. The largest absolute Gasteiger partial charge is 0.465 e. The first-order chi connectivity index (χ1) is 14.0. The fourth-order valence-electron chi connectivity index (χ4n) is 4.25. The number of aromatic amines is 1. The molecule has 0 saturated carbocycles. The van der Waals surface area contributed by atoms with Gasteiger partial charge in [-0.1, -0.05) is 35.0 Å². The van der Waals surface area contributed by atoms with Crippen molar-refractivity contribution in [2.75, 3.05) is 13.1 Å². The molecule has 29 heavy (non-hydrogen) atoms. The van der Waals surface area contributed by atoms with Gasteiger partial charge in [0, 0.05) is 16.4 Å². The number of H-pyrrole nitrogens is 1. The summed E-state index contributed by atoms with van der Waals surface area (Å²) in [5.41, 5.74) is 1.97. The Morgan fingerprint density at radius 3 is 3.03 bits per heavy atom. The number of halogens is 1. The number of hydrogen-bond donors (Lipinski definition) is 3. The predicted octanol–water partition coefficient (Wildman–Crippen LogP) is 4.09. The molecular formula is C21H23BrN4O3. The van der Waals surface area contributed by atoms with E-state index in [9.17, 15) is 9.59 Å². The maximum atomic E-state index is 11.3. The van der Waals surface area contributed by atoms with E-state index in [2.05, 4.69) is 49.3 Å². The number of likely N-dealkylation sites (tertiary alicyclic amines) is 1. The lowest BCUT2D eigenvalue weighted by atomic mass is 10.0. The van der Waals surface area contributed by atoms with Crippen LogP contribution in [-0.4, -0.2) is 51.5 Å². The van der Waals surface area contributed by atoms with Crippen LogP contribution < -0.4 is 5.32 Å². The number of aromatic nitrogens is 2. The lowest BCUT2D eigenvalue weighted by molar-refractivity contribution is -0.110. The number of fused-ring (bicyclic) bond motifs is 3. The van der Waals surface area contributed by atoms with Crippen LogP contribution in [0.3, 0.4) is 0 Å². The van der Waals surface area contributed by atoms with Crippen LogP contribution in [0.2, 0.25) is 0 Å². The number of hydrogen-bond acceptors (Lipinski definition) is 4. The Morgan fingerprint density at radius 2 is 2.28 bits per heavy atom. The minimum Gasteiger partial charge on any atom is -0.465 e. The number of carboxylic acid groups (broad SMARTS) is 1. The van der Waals surface area contributed by atoms with Crippen molar-refractivity contribution in [3.05, 3.63) is 40.6 Å². The van der Waals surface area contributed by atoms with E-state index < -0.39 is 12.1 Å². The summed E-state index contributed by atoms with van der Waals surface area (Å²) in [7, 11) is 0. The summed E-state index contributed by atoms with van der Waals surface area (Å²) in [6, 6.07) is 9.73. The maximum absolute atomic E-state index is 11.3. The highest BCUT2D eigenvalue weighted by molar-refractivity contribution is 9.10. The lowest BCUT2D eigenvalue weighted by Gasteiger charge is -2.28. The molecule has 1 unspecified atom stereocenters. The van der Waals surface area contributed by atoms with Gasteiger partial charge in [-0.05, 0) is 48.9 Å². The summed E-state index contributed by atoms with van der Waals surface area (Å²) >= 11 is 3.52. The van der Waals surface area contributed by atoms with Crippen molar-refractivity contribution >= 4 is 50.1 Å². The van der Waals surface area contributed by atoms with Crippen LogP contribution in [0.5, 0.6) is 0 Å². The number of amides is 1. The summed E-state index contributed by atoms with van der Waals surface area (Å²) in [4.78, 5) is 32.9. The van der Waals surface area contributed by atoms with E-state index in [-0.39, 0.29) is 12.0 Å². The monoisotopic (exact) mass is 458 g/mol. The topological polar surface area (TPSA) is 98.3 Å². The second-order valence-corrected chi connectivity index (χ2v) is 8.60. The molecule has 2 heterocycles. The molecule has 3 atom stereocenters. The van der Waals surface area contributed by atoms with Gasteiger partial charge in [0.1, 0.15) is 12.1 Å². The van der Waals surface area contributed by atoms with E-state index in [0.29, 0.717) is 12.8 Å². The zero-order valence-electron chi connectivity index (χ0n) is 16.1. The Bertz CT molecular complexity index is 1070. The van der Waals surface area contributed by atoms with E-state index in [4.69, 9.17) is 10.1 Å². The number of imidazole rings is 1. The smallest absolute Gasteiger partial charge is 0.405 e. The molecule has 0 radical (unpaired) electrons. The minimum atomic E-state index is -1.18. The van der Waals surface area contributed by atoms with Gasteiger partial charge >= 0.3 is 6.09 Å². The number of benzene rings is 2. The van der Waals surface area contributed by atoms with Crippen molar-refractivity contribution in [3.63, 3.8) is 0 Å². The molecule has 2 aromatic carbocycles. The molecule has 1 aromatic heterocycles. The molecule has 1 saturated heterocycles. The number of nitrogens with one attached hydrogen (secondary N) is 2. The molecule has 0 spiro atoms. The normalized spacial score (nSPS) is 19.4. The van der Waals surface area contributed by atoms with Crippen LogP contribution in [0, 0.1) is 5.92 Å². The van der Waals surface area contributed by atoms with Crippen LogP contribution in [-0.2, 0) is 4.79 Å². The van der Waals surface area contributed by atoms with E-state index >= 15 is 0 Å². The third-order valence-electron chi connectivity index (χ3n) is 5.71. The molecule has 1 aliphatic heterocycles. The van der Waals surface area contributed by atoms with Gasteiger partial charge in [0.2, 0.25) is 0 Å². The summed E-state index contributed by atoms with van der Waals surface area (Å²) < 4.78 is 1.04. The molecule has 7 nitrogen and oxygen atoms in total. The van der Waals surface area contributed by atoms with E-state index in [1.165, 1.54) is 0 Å². The Kier molecular flexibility index (Phi) is 5.56. The van der Waals surface area contributed by atoms with Crippen molar-refractivity contribution in [1.82, 2.24) is 20.2 Å². The zero-order chi connectivity index (χ0) is 20.5. The molecule has 4 rings (SSSR count). The van der Waals surface area contributed by atoms with Gasteiger partial charge in [0.25, 0.3) is 0 Å². The summed E-state index contributed by atoms with van der Waals surface area (Å²) in [5, 5.41) is 13.5. The summed E-state index contributed by atoms with van der Waals surface area (Å²) in [6.07, 6.45) is 1.52. The van der Waals surface area contributed by atoms with Crippen LogP contribution in [0.4, 0.5) is 4.79 Å². The van der Waals surface area contributed by atoms with E-state index in [0.717, 1.165) is 51.5 Å². The first kappa shape index (κ1) is 19.8. The SMILES string of the molecule is C[C@H](CN1CCC[C@H]1c1nc2ccc3cc(Br)ccc3c2[nH]1)C(C=O)NC(=O)O. The summed E-state index contributed by atoms with van der Waals surface area (Å²) in [6.45, 7) is 3.42. The molecule has 1 fully saturated rings. The fraction of sp³-hybridized carbons (Fsp3) is 0.381. The average molecular weight is 459 g/mol. The highest BCUT2D eigenvalue weighted by Crippen LogP contribution is 2.34. The van der Waals surface area contributed by atoms with Gasteiger partial charge in [-0.3, -0.25) is 4.90 Å². The maximum Gasteiger partial charge on any atom is 0.405 e. The number of aldehydes is 1. The quantitative estimate of drug-likeness (QED) is 0.483. The number of nitrogens with zero attached hydrogens (tertiary/aromatic N) is 2. The Morgan fingerprint density at radius 1 is 1.45 bits per heavy atom. The predicted molar refractivity (Wildman–Crippen MR) is 115 cm³/mol. The van der Waals surface area contributed by atoms with Crippen molar-refractivity contribution in [2.24, 2.45) is 5.92 Å². The molecular weight excluding hydrogens is 436 g/mol. The first-order valence-electron chi connectivity index (χ1n) is 9.73. The molecule has 3 N–H and O–H groups in total. The van der Waals surface area contributed by atoms with Gasteiger partial charge in [0.05, 0.1) is 23.1 Å². The van der Waals surface area contributed by atoms with Crippen molar-refractivity contribution in [1.29, 1.82) is 0 Å². The molecule has 8 heteroatoms. The van der Waals surface area contributed by atoms with Gasteiger partial charge in [-0.2, -0.15) is 0 Å². The number of rotatable bonds is 6. The average Bonchev–Trinajstić information content (AvgIpc) is 3.31. The second kappa shape index (κ2) is 8.12. The van der Waals surface area contributed by atoms with Gasteiger partial charge < -0.3 is 20.2 Å². The molecule has 1 aliphatic rings. The van der Waals surface area contributed by atoms with Crippen LogP contribution in [0.15, 0.2) is 34.8 Å². The molecule has 152 valence electrons. The fourth-order valence-corrected chi connectivity index (χ4v) is 4.63. The zero-order valence-corrected chi connectivity index (χ0v) is 17.6. The lowest BCUT2D eigenvalue weighted by Crippen LogP contribution is -2.44. The highest BCUT2D eigenvalue weighted by Gasteiger charge is 2.31. The molecule has 1 amide bonds. The third-order valence-corrected chi connectivity index (χ3v) is 6.20. The van der Waals surface area contributed by atoms with Gasteiger partial charge in [-0.15, -0.1) is 0 Å².